The molecule has 1 aromatic carbocycles. The molecule has 0 spiro atoms. The lowest BCUT2D eigenvalue weighted by Crippen LogP contribution is -2.33. The van der Waals surface area contributed by atoms with Gasteiger partial charge < -0.3 is 5.32 Å². The molecule has 98 valence electrons. The first kappa shape index (κ1) is 13.2. The summed E-state index contributed by atoms with van der Waals surface area (Å²) in [5, 5.41) is 6.00. The number of benzene rings is 1. The molecule has 0 unspecified atom stereocenters. The van der Waals surface area contributed by atoms with Crippen LogP contribution in [0.3, 0.4) is 0 Å². The highest BCUT2D eigenvalue weighted by Gasteiger charge is 2.11. The van der Waals surface area contributed by atoms with E-state index in [1.54, 1.807) is 17.5 Å². The van der Waals surface area contributed by atoms with Crippen molar-refractivity contribution in [3.63, 3.8) is 0 Å². The van der Waals surface area contributed by atoms with Crippen molar-refractivity contribution in [2.24, 2.45) is 0 Å². The second kappa shape index (κ2) is 5.57. The van der Waals surface area contributed by atoms with E-state index in [9.17, 15) is 18.4 Å². The Bertz CT molecular complexity index is 614. The maximum Gasteiger partial charge on any atom is 0.326 e. The van der Waals surface area contributed by atoms with Crippen LogP contribution < -0.4 is 10.6 Å². The molecule has 19 heavy (non-hydrogen) atoms. The molecule has 0 atom stereocenters. The van der Waals surface area contributed by atoms with Crippen LogP contribution in [-0.2, 0) is 0 Å². The first-order chi connectivity index (χ1) is 9.06. The van der Waals surface area contributed by atoms with Gasteiger partial charge in [0.25, 0.3) is 5.91 Å². The molecule has 0 saturated heterocycles. The summed E-state index contributed by atoms with van der Waals surface area (Å²) in [4.78, 5) is 23.4. The Hall–Kier alpha value is -2.28. The van der Waals surface area contributed by atoms with Crippen molar-refractivity contribution < 1.29 is 18.4 Å². The van der Waals surface area contributed by atoms with Gasteiger partial charge in [0.2, 0.25) is 0 Å². The first-order valence-corrected chi connectivity index (χ1v) is 6.05. The van der Waals surface area contributed by atoms with E-state index < -0.39 is 23.6 Å². The minimum Gasteiger partial charge on any atom is -0.308 e. The molecule has 7 heteroatoms. The van der Waals surface area contributed by atoms with Crippen LogP contribution in [0.25, 0.3) is 0 Å². The van der Waals surface area contributed by atoms with Gasteiger partial charge in [-0.3, -0.25) is 10.1 Å². The summed E-state index contributed by atoms with van der Waals surface area (Å²) in [7, 11) is 0. The zero-order valence-corrected chi connectivity index (χ0v) is 10.3. The number of amides is 3. The molecule has 2 N–H and O–H groups in total. The smallest absolute Gasteiger partial charge is 0.308 e. The molecule has 0 aliphatic carbocycles. The lowest BCUT2D eigenvalue weighted by molar-refractivity contribution is 0.0971. The molecule has 0 bridgehead atoms. The van der Waals surface area contributed by atoms with Crippen molar-refractivity contribution in [1.29, 1.82) is 0 Å². The third-order valence-electron chi connectivity index (χ3n) is 2.15. The number of anilines is 1. The quantitative estimate of drug-likeness (QED) is 0.889. The van der Waals surface area contributed by atoms with Gasteiger partial charge in [0, 0.05) is 11.8 Å². The summed E-state index contributed by atoms with van der Waals surface area (Å²) < 4.78 is 25.6. The van der Waals surface area contributed by atoms with Crippen LogP contribution in [-0.4, -0.2) is 11.9 Å². The predicted octanol–water partition coefficient (Wildman–Crippen LogP) is 2.99. The lowest BCUT2D eigenvalue weighted by Gasteiger charge is -2.06. The largest absolute Gasteiger partial charge is 0.326 e. The van der Waals surface area contributed by atoms with E-state index >= 15 is 0 Å². The third-order valence-corrected chi connectivity index (χ3v) is 3.02. The van der Waals surface area contributed by atoms with Crippen LogP contribution in [0.15, 0.2) is 35.7 Å². The van der Waals surface area contributed by atoms with Gasteiger partial charge in [0.15, 0.2) is 11.6 Å². The summed E-state index contributed by atoms with van der Waals surface area (Å²) in [6, 6.07) is 5.31. The van der Waals surface area contributed by atoms with Gasteiger partial charge in [-0.2, -0.15) is 0 Å². The highest BCUT2D eigenvalue weighted by molar-refractivity contribution is 7.12. The average molecular weight is 282 g/mol. The van der Waals surface area contributed by atoms with Crippen molar-refractivity contribution in [3.05, 3.63) is 52.2 Å². The van der Waals surface area contributed by atoms with Crippen LogP contribution in [0.1, 0.15) is 9.67 Å². The van der Waals surface area contributed by atoms with E-state index in [-0.39, 0.29) is 5.69 Å². The van der Waals surface area contributed by atoms with Crippen molar-refractivity contribution >= 4 is 29.0 Å². The molecular weight excluding hydrogens is 274 g/mol. The number of halogens is 2. The number of imide groups is 1. The number of thiophene rings is 1. The van der Waals surface area contributed by atoms with Gasteiger partial charge in [-0.1, -0.05) is 6.07 Å². The Labute approximate surface area is 111 Å². The molecule has 0 radical (unpaired) electrons. The average Bonchev–Trinajstić information content (AvgIpc) is 2.87. The summed E-state index contributed by atoms with van der Waals surface area (Å²) in [6.07, 6.45) is 0. The molecule has 2 rings (SSSR count). The van der Waals surface area contributed by atoms with Crippen molar-refractivity contribution in [2.45, 2.75) is 0 Å². The molecular formula is C12H8F2N2O2S. The van der Waals surface area contributed by atoms with Crippen LogP contribution in [0.2, 0.25) is 0 Å². The maximum atomic E-state index is 12.9. The Kier molecular flexibility index (Phi) is 3.86. The fourth-order valence-electron chi connectivity index (χ4n) is 1.31. The topological polar surface area (TPSA) is 58.2 Å². The maximum absolute atomic E-state index is 12.9. The van der Waals surface area contributed by atoms with Gasteiger partial charge in [-0.05, 0) is 23.6 Å². The standard InChI is InChI=1S/C12H8F2N2O2S/c13-8-4-3-7(6-9(8)14)15-12(18)16-11(17)10-2-1-5-19-10/h1-6H,(H2,15,16,17,18). The highest BCUT2D eigenvalue weighted by Crippen LogP contribution is 2.13. The number of urea groups is 1. The van der Waals surface area contributed by atoms with Gasteiger partial charge in [0.05, 0.1) is 4.88 Å². The van der Waals surface area contributed by atoms with E-state index in [1.165, 1.54) is 17.4 Å². The number of hydrogen-bond donors (Lipinski definition) is 2. The van der Waals surface area contributed by atoms with E-state index in [4.69, 9.17) is 0 Å². The van der Waals surface area contributed by atoms with Crippen LogP contribution in [0, 0.1) is 11.6 Å². The van der Waals surface area contributed by atoms with E-state index in [0.717, 1.165) is 12.1 Å². The van der Waals surface area contributed by atoms with Crippen LogP contribution >= 0.6 is 11.3 Å². The van der Waals surface area contributed by atoms with Crippen LogP contribution in [0.4, 0.5) is 19.3 Å². The molecule has 4 nitrogen and oxygen atoms in total. The molecule has 0 saturated carbocycles. The number of carbonyl (C=O) groups excluding carboxylic acids is 2. The Morgan fingerprint density at radius 2 is 1.89 bits per heavy atom. The lowest BCUT2D eigenvalue weighted by atomic mass is 10.3. The zero-order valence-electron chi connectivity index (χ0n) is 9.44. The van der Waals surface area contributed by atoms with Crippen LogP contribution in [0.5, 0.6) is 0 Å². The highest BCUT2D eigenvalue weighted by atomic mass is 32.1. The van der Waals surface area contributed by atoms with Gasteiger partial charge >= 0.3 is 6.03 Å². The monoisotopic (exact) mass is 282 g/mol. The van der Waals surface area contributed by atoms with Crippen molar-refractivity contribution in [2.75, 3.05) is 5.32 Å². The Morgan fingerprint density at radius 1 is 1.11 bits per heavy atom. The molecule has 0 aliphatic rings. The fourth-order valence-corrected chi connectivity index (χ4v) is 1.93. The fraction of sp³-hybridized carbons (Fsp3) is 0. The second-order valence-corrected chi connectivity index (χ2v) is 4.46. The van der Waals surface area contributed by atoms with Gasteiger partial charge in [-0.15, -0.1) is 11.3 Å². The Balaban J connectivity index is 1.98. The molecule has 1 aromatic heterocycles. The molecule has 1 heterocycles. The number of hydrogen-bond acceptors (Lipinski definition) is 3. The number of carbonyl (C=O) groups is 2. The molecule has 3 amide bonds. The van der Waals surface area contributed by atoms with Crippen molar-refractivity contribution in [3.8, 4) is 0 Å². The SMILES string of the molecule is O=C(NC(=O)c1cccs1)Nc1ccc(F)c(F)c1. The number of nitrogens with one attached hydrogen (secondary N) is 2. The molecule has 2 aromatic rings. The minimum atomic E-state index is -1.08. The normalized spacial score (nSPS) is 10.0. The van der Waals surface area contributed by atoms with Gasteiger partial charge in [0.1, 0.15) is 0 Å². The minimum absolute atomic E-state index is 0.0513. The van der Waals surface area contributed by atoms with Crippen molar-refractivity contribution in [1.82, 2.24) is 5.32 Å². The van der Waals surface area contributed by atoms with E-state index in [1.807, 2.05) is 0 Å². The summed E-state index contributed by atoms with van der Waals surface area (Å²) in [5.41, 5.74) is 0.0513. The first-order valence-electron chi connectivity index (χ1n) is 5.17. The zero-order chi connectivity index (χ0) is 13.8. The summed E-state index contributed by atoms with van der Waals surface area (Å²) in [6.45, 7) is 0. The predicted molar refractivity (Wildman–Crippen MR) is 67.2 cm³/mol. The summed E-state index contributed by atoms with van der Waals surface area (Å²) >= 11 is 1.18. The van der Waals surface area contributed by atoms with Gasteiger partial charge in [-0.25, -0.2) is 13.6 Å². The number of rotatable bonds is 2. The second-order valence-electron chi connectivity index (χ2n) is 3.51. The Morgan fingerprint density at radius 3 is 2.53 bits per heavy atom. The van der Waals surface area contributed by atoms with E-state index in [0.29, 0.717) is 4.88 Å². The third kappa shape index (κ3) is 3.35. The van der Waals surface area contributed by atoms with E-state index in [2.05, 4.69) is 10.6 Å². The molecule has 0 fully saturated rings. The summed E-state index contributed by atoms with van der Waals surface area (Å²) in [5.74, 6) is -2.65. The molecule has 0 aliphatic heterocycles.